The Balaban J connectivity index is 0.00000181. The molecule has 0 spiro atoms. The molecule has 1 N–H and O–H groups in total. The summed E-state index contributed by atoms with van der Waals surface area (Å²) >= 11 is 0. The zero-order valence-corrected chi connectivity index (χ0v) is 20.9. The molecule has 4 rings (SSSR count). The molecule has 0 aromatic heterocycles. The number of nitrogens with zero attached hydrogens (tertiary/aromatic N) is 1. The molecular formula is C27H38Cl2N2O. The van der Waals surface area contributed by atoms with Gasteiger partial charge in [0.05, 0.1) is 0 Å². The zero-order valence-electron chi connectivity index (χ0n) is 19.2. The van der Waals surface area contributed by atoms with Crippen molar-refractivity contribution < 1.29 is 4.79 Å². The first kappa shape index (κ1) is 26.9. The van der Waals surface area contributed by atoms with Crippen LogP contribution in [0.3, 0.4) is 0 Å². The lowest BCUT2D eigenvalue weighted by atomic mass is 9.77. The van der Waals surface area contributed by atoms with Crippen LogP contribution < -0.4 is 5.32 Å². The summed E-state index contributed by atoms with van der Waals surface area (Å²) in [5.41, 5.74) is 7.25. The van der Waals surface area contributed by atoms with Gasteiger partial charge in [0.25, 0.3) is 0 Å². The number of hydrogen-bond acceptors (Lipinski definition) is 3. The van der Waals surface area contributed by atoms with E-state index in [2.05, 4.69) is 59.6 Å². The number of nitrogens with one attached hydrogen (secondary N) is 1. The van der Waals surface area contributed by atoms with Crippen LogP contribution in [0.2, 0.25) is 0 Å². The number of halogens is 2. The molecule has 0 aliphatic carbocycles. The summed E-state index contributed by atoms with van der Waals surface area (Å²) in [6, 6.07) is 16.3. The summed E-state index contributed by atoms with van der Waals surface area (Å²) in [5.74, 6) is 1.24. The topological polar surface area (TPSA) is 32.3 Å². The van der Waals surface area contributed by atoms with Gasteiger partial charge in [-0.05, 0) is 86.2 Å². The van der Waals surface area contributed by atoms with Crippen molar-refractivity contribution in [1.82, 2.24) is 10.2 Å². The fraction of sp³-hybridized carbons (Fsp3) is 0.519. The van der Waals surface area contributed by atoms with Crippen molar-refractivity contribution in [2.45, 2.75) is 64.5 Å². The maximum Gasteiger partial charge on any atom is 0.119 e. The van der Waals surface area contributed by atoms with E-state index < -0.39 is 0 Å². The lowest BCUT2D eigenvalue weighted by molar-refractivity contribution is -0.108. The highest BCUT2D eigenvalue weighted by Crippen LogP contribution is 2.37. The normalized spacial score (nSPS) is 20.9. The molecule has 0 amide bonds. The largest absolute Gasteiger partial charge is 0.313 e. The van der Waals surface area contributed by atoms with E-state index in [4.69, 9.17) is 0 Å². The van der Waals surface area contributed by atoms with Gasteiger partial charge in [-0.3, -0.25) is 4.90 Å². The molecule has 2 atom stereocenters. The Labute approximate surface area is 206 Å². The highest BCUT2D eigenvalue weighted by atomic mass is 35.5. The maximum atomic E-state index is 10.9. The number of unbranched alkanes of at least 4 members (excludes halogenated alkanes) is 1. The van der Waals surface area contributed by atoms with Crippen molar-refractivity contribution in [2.24, 2.45) is 5.92 Å². The molecular weight excluding hydrogens is 439 g/mol. The van der Waals surface area contributed by atoms with Gasteiger partial charge in [0.2, 0.25) is 0 Å². The van der Waals surface area contributed by atoms with Gasteiger partial charge in [-0.15, -0.1) is 24.8 Å². The van der Waals surface area contributed by atoms with Crippen LogP contribution in [0.15, 0.2) is 42.5 Å². The van der Waals surface area contributed by atoms with Crippen LogP contribution in [-0.4, -0.2) is 30.8 Å². The van der Waals surface area contributed by atoms with E-state index in [1.165, 1.54) is 47.1 Å². The summed E-state index contributed by atoms with van der Waals surface area (Å²) in [7, 11) is 0. The predicted octanol–water partition coefficient (Wildman–Crippen LogP) is 5.85. The Morgan fingerprint density at radius 2 is 1.91 bits per heavy atom. The van der Waals surface area contributed by atoms with Crippen molar-refractivity contribution >= 4 is 31.1 Å². The van der Waals surface area contributed by atoms with Crippen LogP contribution in [0.1, 0.15) is 65.8 Å². The molecule has 2 heterocycles. The Morgan fingerprint density at radius 3 is 2.69 bits per heavy atom. The van der Waals surface area contributed by atoms with E-state index in [9.17, 15) is 4.79 Å². The molecule has 3 nitrogen and oxygen atoms in total. The summed E-state index contributed by atoms with van der Waals surface area (Å²) in [5, 5.41) is 3.58. The van der Waals surface area contributed by atoms with Crippen LogP contribution >= 0.6 is 24.8 Å². The number of piperidine rings is 1. The molecule has 2 aliphatic heterocycles. The molecule has 0 bridgehead atoms. The lowest BCUT2D eigenvalue weighted by Gasteiger charge is -2.39. The minimum Gasteiger partial charge on any atom is -0.313 e. The van der Waals surface area contributed by atoms with Gasteiger partial charge in [0.1, 0.15) is 6.29 Å². The molecule has 1 fully saturated rings. The smallest absolute Gasteiger partial charge is 0.119 e. The summed E-state index contributed by atoms with van der Waals surface area (Å²) in [4.78, 5) is 13.5. The van der Waals surface area contributed by atoms with Crippen LogP contribution in [0.5, 0.6) is 0 Å². The van der Waals surface area contributed by atoms with Gasteiger partial charge in [-0.1, -0.05) is 48.0 Å². The Bertz CT molecular complexity index is 840. The van der Waals surface area contributed by atoms with Gasteiger partial charge < -0.3 is 10.1 Å². The van der Waals surface area contributed by atoms with Gasteiger partial charge in [-0.25, -0.2) is 0 Å². The van der Waals surface area contributed by atoms with Crippen molar-refractivity contribution in [3.05, 3.63) is 70.3 Å². The molecule has 2 unspecified atom stereocenters. The van der Waals surface area contributed by atoms with E-state index in [-0.39, 0.29) is 24.8 Å². The Morgan fingerprint density at radius 1 is 1.09 bits per heavy atom. The van der Waals surface area contributed by atoms with Gasteiger partial charge in [0.15, 0.2) is 0 Å². The van der Waals surface area contributed by atoms with Gasteiger partial charge in [-0.2, -0.15) is 0 Å². The monoisotopic (exact) mass is 476 g/mol. The fourth-order valence-electron chi connectivity index (χ4n) is 5.26. The number of benzene rings is 2. The minimum atomic E-state index is 0. The zero-order chi connectivity index (χ0) is 20.8. The quantitative estimate of drug-likeness (QED) is 0.401. The molecule has 5 heteroatoms. The van der Waals surface area contributed by atoms with Crippen LogP contribution in [0.25, 0.3) is 0 Å². The van der Waals surface area contributed by atoms with Crippen LogP contribution in [0.4, 0.5) is 0 Å². The average Bonchev–Trinajstić information content (AvgIpc) is 3.01. The van der Waals surface area contributed by atoms with E-state index in [0.717, 1.165) is 51.9 Å². The number of carbonyl (C=O) groups is 1. The van der Waals surface area contributed by atoms with E-state index in [0.29, 0.717) is 18.3 Å². The second kappa shape index (κ2) is 13.3. The number of fused-ring (bicyclic) bond motifs is 1. The number of likely N-dealkylation sites (tertiary alicyclic amines) is 1. The van der Waals surface area contributed by atoms with Crippen molar-refractivity contribution in [1.29, 1.82) is 0 Å². The molecule has 0 radical (unpaired) electrons. The van der Waals surface area contributed by atoms with Crippen LogP contribution in [-0.2, 0) is 24.3 Å². The molecule has 0 saturated carbocycles. The Kier molecular flexibility index (Phi) is 11.2. The highest BCUT2D eigenvalue weighted by Gasteiger charge is 2.30. The molecule has 2 aliphatic rings. The Hall–Kier alpha value is -1.39. The average molecular weight is 478 g/mol. The lowest BCUT2D eigenvalue weighted by Crippen LogP contribution is -2.39. The summed E-state index contributed by atoms with van der Waals surface area (Å²) in [6.45, 7) is 7.57. The third-order valence-electron chi connectivity index (χ3n) is 7.04. The number of hydrogen-bond donors (Lipinski definition) is 1. The maximum absolute atomic E-state index is 10.9. The number of rotatable bonds is 7. The first-order valence-corrected chi connectivity index (χ1v) is 11.8. The van der Waals surface area contributed by atoms with E-state index >= 15 is 0 Å². The SMILES string of the molecule is Cc1ccc(CN2CCC(CCCC=O)C(c3ccc4c(c3)CNCCC4)C2)cc1.Cl.Cl. The third-order valence-corrected chi connectivity index (χ3v) is 7.04. The van der Waals surface area contributed by atoms with Gasteiger partial charge in [0, 0.05) is 26.1 Å². The molecule has 32 heavy (non-hydrogen) atoms. The molecule has 1 saturated heterocycles. The highest BCUT2D eigenvalue weighted by molar-refractivity contribution is 5.85. The van der Waals surface area contributed by atoms with E-state index in [1.54, 1.807) is 0 Å². The standard InChI is InChI=1S/C27H36N2O.2ClH/c1-21-7-9-22(10-8-21)19-29-15-13-24(5-2-3-16-30)27(20-29)25-12-11-23-6-4-14-28-18-26(23)17-25;;/h7-12,16-17,24,27-28H,2-6,13-15,18-20H2,1H3;2*1H. The number of aryl methyl sites for hydroxylation is 2. The first-order valence-electron chi connectivity index (χ1n) is 11.8. The number of carbonyl (C=O) groups excluding carboxylic acids is 1. The first-order chi connectivity index (χ1) is 14.7. The van der Waals surface area contributed by atoms with Gasteiger partial charge >= 0.3 is 0 Å². The summed E-state index contributed by atoms with van der Waals surface area (Å²) in [6.07, 6.45) is 7.61. The second-order valence-corrected chi connectivity index (χ2v) is 9.28. The van der Waals surface area contributed by atoms with Crippen LogP contribution in [0, 0.1) is 12.8 Å². The minimum absolute atomic E-state index is 0. The summed E-state index contributed by atoms with van der Waals surface area (Å²) < 4.78 is 0. The molecule has 2 aromatic carbocycles. The van der Waals surface area contributed by atoms with Crippen molar-refractivity contribution in [3.63, 3.8) is 0 Å². The van der Waals surface area contributed by atoms with Crippen molar-refractivity contribution in [3.8, 4) is 0 Å². The fourth-order valence-corrected chi connectivity index (χ4v) is 5.26. The molecule has 176 valence electrons. The van der Waals surface area contributed by atoms with E-state index in [1.807, 2.05) is 0 Å². The predicted molar refractivity (Wildman–Crippen MR) is 138 cm³/mol. The number of aldehydes is 1. The second-order valence-electron chi connectivity index (χ2n) is 9.28. The third kappa shape index (κ3) is 7.05. The van der Waals surface area contributed by atoms with Crippen molar-refractivity contribution in [2.75, 3.05) is 19.6 Å². The molecule has 2 aromatic rings.